The summed E-state index contributed by atoms with van der Waals surface area (Å²) in [6, 6.07) is 6.67. The summed E-state index contributed by atoms with van der Waals surface area (Å²) in [6.45, 7) is 3.87. The number of carbonyl (C=O) groups is 1. The van der Waals surface area contributed by atoms with Gasteiger partial charge in [-0.3, -0.25) is 4.79 Å². The average Bonchev–Trinajstić information content (AvgIpc) is 3.45. The summed E-state index contributed by atoms with van der Waals surface area (Å²) in [5.74, 6) is 1.08. The molecule has 1 fully saturated rings. The van der Waals surface area contributed by atoms with Crippen molar-refractivity contribution in [3.63, 3.8) is 0 Å². The monoisotopic (exact) mass is 506 g/mol. The molecule has 1 aliphatic rings. The van der Waals surface area contributed by atoms with Gasteiger partial charge in [0.2, 0.25) is 27.6 Å². The molecule has 0 spiro atoms. The first-order valence-corrected chi connectivity index (χ1v) is 12.9. The number of aryl methyl sites for hydroxylation is 2. The Labute approximate surface area is 201 Å². The molecule has 34 heavy (non-hydrogen) atoms. The Hall–Kier alpha value is -2.96. The van der Waals surface area contributed by atoms with Gasteiger partial charge in [0.15, 0.2) is 0 Å². The van der Waals surface area contributed by atoms with Crippen LogP contribution in [0.3, 0.4) is 0 Å². The summed E-state index contributed by atoms with van der Waals surface area (Å²) >= 11 is 1.29. The number of hydrogen-bond acceptors (Lipinski definition) is 9. The Morgan fingerprint density at radius 2 is 2.03 bits per heavy atom. The number of thiophene rings is 1. The number of aromatic nitrogens is 2. The summed E-state index contributed by atoms with van der Waals surface area (Å²) < 4.78 is 43.8. The highest BCUT2D eigenvalue weighted by Crippen LogP contribution is 2.35. The van der Waals surface area contributed by atoms with Crippen LogP contribution in [0.25, 0.3) is 10.7 Å². The second-order valence-electron chi connectivity index (χ2n) is 7.93. The molecule has 3 aromatic rings. The van der Waals surface area contributed by atoms with Gasteiger partial charge in [-0.1, -0.05) is 5.16 Å². The Morgan fingerprint density at radius 1 is 1.24 bits per heavy atom. The predicted molar refractivity (Wildman–Crippen MR) is 127 cm³/mol. The molecular weight excluding hydrogens is 480 g/mol. The van der Waals surface area contributed by atoms with E-state index < -0.39 is 15.9 Å². The normalized spacial score (nSPS) is 16.9. The summed E-state index contributed by atoms with van der Waals surface area (Å²) in [5, 5.41) is 6.75. The Bertz CT molecular complexity index is 1300. The molecule has 2 aromatic heterocycles. The van der Waals surface area contributed by atoms with E-state index in [4.69, 9.17) is 14.0 Å². The molecule has 12 heteroatoms. The van der Waals surface area contributed by atoms with E-state index >= 15 is 0 Å². The maximum atomic E-state index is 13.5. The van der Waals surface area contributed by atoms with E-state index in [-0.39, 0.29) is 17.3 Å². The number of ether oxygens (including phenoxy) is 2. The van der Waals surface area contributed by atoms with Gasteiger partial charge < -0.3 is 19.3 Å². The van der Waals surface area contributed by atoms with Gasteiger partial charge in [-0.25, -0.2) is 8.42 Å². The SMILES string of the molecule is COc1ccc(NC(=O)C2CCCN(S(=O)(=O)c3cc(-c4noc(C)n4)sc3C)C2)c(OC)c1. The Morgan fingerprint density at radius 3 is 2.71 bits per heavy atom. The molecule has 1 amide bonds. The highest BCUT2D eigenvalue weighted by atomic mass is 32.2. The molecule has 10 nitrogen and oxygen atoms in total. The standard InChI is InChI=1S/C22H26N4O6S2/c1-13-20(11-19(33-13)21-23-14(2)32-25-21)34(28,29)26-9-5-6-15(12-26)22(27)24-17-8-7-16(30-3)10-18(17)31-4/h7-8,10-11,15H,5-6,9,12H2,1-4H3,(H,24,27). The fraction of sp³-hybridized carbons (Fsp3) is 0.409. The van der Waals surface area contributed by atoms with Crippen LogP contribution in [0.1, 0.15) is 23.6 Å². The third kappa shape index (κ3) is 4.79. The third-order valence-electron chi connectivity index (χ3n) is 5.66. The summed E-state index contributed by atoms with van der Waals surface area (Å²) in [5.41, 5.74) is 0.502. The van der Waals surface area contributed by atoms with Crippen molar-refractivity contribution in [1.82, 2.24) is 14.4 Å². The van der Waals surface area contributed by atoms with Crippen molar-refractivity contribution in [3.8, 4) is 22.2 Å². The number of piperidine rings is 1. The molecular formula is C22H26N4O6S2. The van der Waals surface area contributed by atoms with Crippen LogP contribution in [0.15, 0.2) is 33.7 Å². The minimum Gasteiger partial charge on any atom is -0.497 e. The van der Waals surface area contributed by atoms with Gasteiger partial charge in [-0.15, -0.1) is 11.3 Å². The van der Waals surface area contributed by atoms with Gasteiger partial charge in [-0.2, -0.15) is 9.29 Å². The molecule has 182 valence electrons. The Kier molecular flexibility index (Phi) is 6.91. The molecule has 0 aliphatic carbocycles. The fourth-order valence-corrected chi connectivity index (χ4v) is 6.89. The van der Waals surface area contributed by atoms with Gasteiger partial charge in [0, 0.05) is 31.0 Å². The average molecular weight is 507 g/mol. The lowest BCUT2D eigenvalue weighted by atomic mass is 9.98. The summed E-state index contributed by atoms with van der Waals surface area (Å²) in [7, 11) is -0.744. The van der Waals surface area contributed by atoms with E-state index in [1.807, 2.05) is 0 Å². The number of carbonyl (C=O) groups excluding carboxylic acids is 1. The molecule has 4 rings (SSSR count). The number of methoxy groups -OCH3 is 2. The highest BCUT2D eigenvalue weighted by Gasteiger charge is 2.35. The molecule has 1 atom stereocenters. The minimum absolute atomic E-state index is 0.0958. The number of nitrogens with zero attached hydrogens (tertiary/aromatic N) is 3. The van der Waals surface area contributed by atoms with Crippen LogP contribution in [0.5, 0.6) is 11.5 Å². The molecule has 0 bridgehead atoms. The molecule has 1 saturated heterocycles. The molecule has 0 radical (unpaired) electrons. The number of hydrogen-bond donors (Lipinski definition) is 1. The maximum absolute atomic E-state index is 13.5. The van der Waals surface area contributed by atoms with Crippen molar-refractivity contribution in [2.24, 2.45) is 5.92 Å². The van der Waals surface area contributed by atoms with Crippen molar-refractivity contribution in [2.75, 3.05) is 32.6 Å². The van der Waals surface area contributed by atoms with E-state index in [2.05, 4.69) is 15.5 Å². The van der Waals surface area contributed by atoms with Crippen molar-refractivity contribution >= 4 is 33.0 Å². The van der Waals surface area contributed by atoms with Gasteiger partial charge >= 0.3 is 0 Å². The second-order valence-corrected chi connectivity index (χ2v) is 11.1. The van der Waals surface area contributed by atoms with E-state index in [1.165, 1.54) is 22.8 Å². The van der Waals surface area contributed by atoms with E-state index in [1.54, 1.807) is 45.2 Å². The van der Waals surface area contributed by atoms with Crippen LogP contribution in [-0.2, 0) is 14.8 Å². The topological polar surface area (TPSA) is 124 Å². The number of benzene rings is 1. The van der Waals surface area contributed by atoms with Crippen molar-refractivity contribution in [3.05, 3.63) is 35.0 Å². The lowest BCUT2D eigenvalue weighted by Crippen LogP contribution is -2.43. The predicted octanol–water partition coefficient (Wildman–Crippen LogP) is 3.47. The zero-order valence-electron chi connectivity index (χ0n) is 19.3. The smallest absolute Gasteiger partial charge is 0.244 e. The van der Waals surface area contributed by atoms with Crippen molar-refractivity contribution in [1.29, 1.82) is 0 Å². The number of rotatable bonds is 7. The molecule has 1 aliphatic heterocycles. The minimum atomic E-state index is -3.80. The third-order valence-corrected chi connectivity index (χ3v) is 8.83. The molecule has 1 aromatic carbocycles. The first-order valence-electron chi connectivity index (χ1n) is 10.7. The second kappa shape index (κ2) is 9.72. The van der Waals surface area contributed by atoms with E-state index in [9.17, 15) is 13.2 Å². The van der Waals surface area contributed by atoms with Crippen molar-refractivity contribution in [2.45, 2.75) is 31.6 Å². The van der Waals surface area contributed by atoms with Crippen LogP contribution in [0.4, 0.5) is 5.69 Å². The Balaban J connectivity index is 1.51. The van der Waals surface area contributed by atoms with Crippen LogP contribution in [0.2, 0.25) is 0 Å². The zero-order valence-corrected chi connectivity index (χ0v) is 21.0. The molecule has 1 N–H and O–H groups in total. The summed E-state index contributed by atoms with van der Waals surface area (Å²) in [6.07, 6.45) is 1.17. The van der Waals surface area contributed by atoms with Crippen LogP contribution < -0.4 is 14.8 Å². The van der Waals surface area contributed by atoms with Gasteiger partial charge in [0.25, 0.3) is 0 Å². The number of anilines is 1. The first kappa shape index (κ1) is 24.2. The van der Waals surface area contributed by atoms with Gasteiger partial charge in [0.1, 0.15) is 11.5 Å². The largest absolute Gasteiger partial charge is 0.497 e. The van der Waals surface area contributed by atoms with Crippen LogP contribution in [0, 0.1) is 19.8 Å². The number of nitrogens with one attached hydrogen (secondary N) is 1. The number of sulfonamides is 1. The molecule has 1 unspecified atom stereocenters. The lowest BCUT2D eigenvalue weighted by Gasteiger charge is -2.31. The summed E-state index contributed by atoms with van der Waals surface area (Å²) in [4.78, 5) is 18.6. The maximum Gasteiger partial charge on any atom is 0.244 e. The van der Waals surface area contributed by atoms with Crippen molar-refractivity contribution < 1.29 is 27.2 Å². The fourth-order valence-electron chi connectivity index (χ4n) is 3.88. The first-order chi connectivity index (χ1) is 16.2. The lowest BCUT2D eigenvalue weighted by molar-refractivity contribution is -0.120. The van der Waals surface area contributed by atoms with E-state index in [0.717, 1.165) is 0 Å². The molecule has 0 saturated carbocycles. The van der Waals surface area contributed by atoms with Crippen LogP contribution >= 0.6 is 11.3 Å². The van der Waals surface area contributed by atoms with Gasteiger partial charge in [0.05, 0.1) is 35.6 Å². The van der Waals surface area contributed by atoms with E-state index in [0.29, 0.717) is 58.0 Å². The van der Waals surface area contributed by atoms with Crippen LogP contribution in [-0.4, -0.2) is 56.1 Å². The zero-order chi connectivity index (χ0) is 24.5. The number of amides is 1. The highest BCUT2D eigenvalue weighted by molar-refractivity contribution is 7.89. The van der Waals surface area contributed by atoms with Gasteiger partial charge in [-0.05, 0) is 38.0 Å². The molecule has 3 heterocycles. The quantitative estimate of drug-likeness (QED) is 0.517.